The van der Waals surface area contributed by atoms with Crippen LogP contribution in [0.25, 0.3) is 11.3 Å². The molecule has 0 bridgehead atoms. The SMILES string of the molecule is COc1ccc(-c2nc(NC(=O)C3CCCCN3S(=O)(=O)c3ccccc3)sc2C)cc1. The molecule has 2 heterocycles. The number of anilines is 1. The van der Waals surface area contributed by atoms with Crippen molar-refractivity contribution in [1.29, 1.82) is 0 Å². The maximum absolute atomic E-state index is 13.2. The third kappa shape index (κ3) is 4.55. The van der Waals surface area contributed by atoms with Gasteiger partial charge in [0.1, 0.15) is 11.8 Å². The van der Waals surface area contributed by atoms with Crippen molar-refractivity contribution in [2.45, 2.75) is 37.1 Å². The van der Waals surface area contributed by atoms with Crippen molar-refractivity contribution in [2.75, 3.05) is 19.0 Å². The Hall–Kier alpha value is -2.75. The third-order valence-corrected chi connectivity index (χ3v) is 8.30. The summed E-state index contributed by atoms with van der Waals surface area (Å²) in [6.45, 7) is 2.27. The lowest BCUT2D eigenvalue weighted by atomic mass is 10.0. The molecule has 0 spiro atoms. The molecule has 168 valence electrons. The highest BCUT2D eigenvalue weighted by Crippen LogP contribution is 2.32. The van der Waals surface area contributed by atoms with Crippen molar-refractivity contribution >= 4 is 32.4 Å². The molecule has 1 aromatic heterocycles. The summed E-state index contributed by atoms with van der Waals surface area (Å²) in [5, 5.41) is 3.32. The van der Waals surface area contributed by atoms with E-state index in [-0.39, 0.29) is 10.8 Å². The quantitative estimate of drug-likeness (QED) is 0.579. The topological polar surface area (TPSA) is 88.6 Å². The maximum atomic E-state index is 13.2. The minimum Gasteiger partial charge on any atom is -0.497 e. The second-order valence-electron chi connectivity index (χ2n) is 7.58. The van der Waals surface area contributed by atoms with E-state index in [9.17, 15) is 13.2 Å². The second kappa shape index (κ2) is 9.40. The van der Waals surface area contributed by atoms with E-state index in [1.165, 1.54) is 15.6 Å². The predicted octanol–water partition coefficient (Wildman–Crippen LogP) is 4.31. The number of hydrogen-bond acceptors (Lipinski definition) is 6. The van der Waals surface area contributed by atoms with Crippen LogP contribution in [0.3, 0.4) is 0 Å². The summed E-state index contributed by atoms with van der Waals surface area (Å²) in [6.07, 6.45) is 2.01. The molecule has 7 nitrogen and oxygen atoms in total. The highest BCUT2D eigenvalue weighted by Gasteiger charge is 2.37. The van der Waals surface area contributed by atoms with Gasteiger partial charge in [-0.3, -0.25) is 4.79 Å². The summed E-state index contributed by atoms with van der Waals surface area (Å²) in [6, 6.07) is 15.1. The zero-order valence-electron chi connectivity index (χ0n) is 17.9. The van der Waals surface area contributed by atoms with Crippen LogP contribution in [-0.4, -0.2) is 43.3 Å². The molecule has 0 saturated carbocycles. The number of piperidine rings is 1. The lowest BCUT2D eigenvalue weighted by Crippen LogP contribution is -2.49. The molecule has 1 aliphatic rings. The Morgan fingerprint density at radius 2 is 1.84 bits per heavy atom. The van der Waals surface area contributed by atoms with Gasteiger partial charge in [0.2, 0.25) is 15.9 Å². The Kier molecular flexibility index (Phi) is 6.59. The van der Waals surface area contributed by atoms with E-state index in [0.717, 1.165) is 34.7 Å². The van der Waals surface area contributed by atoms with E-state index in [1.807, 2.05) is 31.2 Å². The fourth-order valence-electron chi connectivity index (χ4n) is 3.84. The number of hydrogen-bond donors (Lipinski definition) is 1. The molecular weight excluding hydrogens is 446 g/mol. The number of methoxy groups -OCH3 is 1. The number of nitrogens with one attached hydrogen (secondary N) is 1. The largest absolute Gasteiger partial charge is 0.497 e. The van der Waals surface area contributed by atoms with Gasteiger partial charge in [-0.25, -0.2) is 13.4 Å². The first kappa shape index (κ1) is 22.4. The molecule has 3 aromatic rings. The van der Waals surface area contributed by atoms with Crippen molar-refractivity contribution < 1.29 is 17.9 Å². The lowest BCUT2D eigenvalue weighted by Gasteiger charge is -2.33. The van der Waals surface area contributed by atoms with Crippen molar-refractivity contribution in [3.63, 3.8) is 0 Å². The van der Waals surface area contributed by atoms with E-state index in [4.69, 9.17) is 4.74 Å². The van der Waals surface area contributed by atoms with Crippen LogP contribution < -0.4 is 10.1 Å². The van der Waals surface area contributed by atoms with Crippen molar-refractivity contribution in [3.8, 4) is 17.0 Å². The van der Waals surface area contributed by atoms with Gasteiger partial charge < -0.3 is 10.1 Å². The van der Waals surface area contributed by atoms with Gasteiger partial charge in [-0.15, -0.1) is 11.3 Å². The maximum Gasteiger partial charge on any atom is 0.244 e. The number of nitrogens with zero attached hydrogens (tertiary/aromatic N) is 2. The van der Waals surface area contributed by atoms with Crippen molar-refractivity contribution in [1.82, 2.24) is 9.29 Å². The summed E-state index contributed by atoms with van der Waals surface area (Å²) in [4.78, 5) is 18.9. The molecule has 1 saturated heterocycles. The van der Waals surface area contributed by atoms with E-state index < -0.39 is 16.1 Å². The number of carbonyl (C=O) groups is 1. The zero-order chi connectivity index (χ0) is 22.7. The predicted molar refractivity (Wildman–Crippen MR) is 125 cm³/mol. The number of benzene rings is 2. The average Bonchev–Trinajstić information content (AvgIpc) is 3.19. The van der Waals surface area contributed by atoms with Gasteiger partial charge in [0.25, 0.3) is 0 Å². The number of aromatic nitrogens is 1. The van der Waals surface area contributed by atoms with Crippen LogP contribution in [0.2, 0.25) is 0 Å². The molecule has 9 heteroatoms. The highest BCUT2D eigenvalue weighted by molar-refractivity contribution is 7.89. The highest BCUT2D eigenvalue weighted by atomic mass is 32.2. The smallest absolute Gasteiger partial charge is 0.244 e. The molecule has 1 N–H and O–H groups in total. The number of ether oxygens (including phenoxy) is 1. The van der Waals surface area contributed by atoms with Crippen molar-refractivity contribution in [2.24, 2.45) is 0 Å². The molecule has 1 amide bonds. The molecule has 1 unspecified atom stereocenters. The number of sulfonamides is 1. The van der Waals surface area contributed by atoms with E-state index in [2.05, 4.69) is 10.3 Å². The number of amides is 1. The monoisotopic (exact) mass is 471 g/mol. The van der Waals surface area contributed by atoms with Crippen LogP contribution in [0.4, 0.5) is 5.13 Å². The van der Waals surface area contributed by atoms with E-state index in [1.54, 1.807) is 37.4 Å². The molecule has 1 atom stereocenters. The van der Waals surface area contributed by atoms with Gasteiger partial charge in [-0.05, 0) is 56.2 Å². The van der Waals surface area contributed by atoms with E-state index in [0.29, 0.717) is 18.1 Å². The van der Waals surface area contributed by atoms with Gasteiger partial charge in [0.05, 0.1) is 17.7 Å². The second-order valence-corrected chi connectivity index (χ2v) is 10.7. The van der Waals surface area contributed by atoms with Gasteiger partial charge in [0.15, 0.2) is 5.13 Å². The Morgan fingerprint density at radius 3 is 2.53 bits per heavy atom. The molecule has 0 aliphatic carbocycles. The Balaban J connectivity index is 1.55. The Morgan fingerprint density at radius 1 is 1.12 bits per heavy atom. The third-order valence-electron chi connectivity index (χ3n) is 5.50. The molecule has 4 rings (SSSR count). The average molecular weight is 472 g/mol. The minimum atomic E-state index is -3.76. The molecule has 32 heavy (non-hydrogen) atoms. The van der Waals surface area contributed by atoms with Gasteiger partial charge in [0, 0.05) is 17.0 Å². The van der Waals surface area contributed by atoms with Crippen LogP contribution in [0, 0.1) is 6.92 Å². The minimum absolute atomic E-state index is 0.201. The molecule has 2 aromatic carbocycles. The number of thiazole rings is 1. The van der Waals surface area contributed by atoms with Gasteiger partial charge in [-0.1, -0.05) is 24.6 Å². The summed E-state index contributed by atoms with van der Waals surface area (Å²) in [5.41, 5.74) is 1.70. The fraction of sp³-hybridized carbons (Fsp3) is 0.304. The molecule has 1 aliphatic heterocycles. The van der Waals surface area contributed by atoms with E-state index >= 15 is 0 Å². The van der Waals surface area contributed by atoms with Crippen molar-refractivity contribution in [3.05, 3.63) is 59.5 Å². The van der Waals surface area contributed by atoms with Gasteiger partial charge in [-0.2, -0.15) is 4.31 Å². The van der Waals surface area contributed by atoms with Crippen LogP contribution in [0.1, 0.15) is 24.1 Å². The summed E-state index contributed by atoms with van der Waals surface area (Å²) >= 11 is 1.37. The Labute approximate surface area is 192 Å². The lowest BCUT2D eigenvalue weighted by molar-refractivity contribution is -0.120. The summed E-state index contributed by atoms with van der Waals surface area (Å²) < 4.78 is 32.9. The van der Waals surface area contributed by atoms with Crippen LogP contribution >= 0.6 is 11.3 Å². The first-order chi connectivity index (χ1) is 15.4. The zero-order valence-corrected chi connectivity index (χ0v) is 19.6. The normalized spacial score (nSPS) is 17.1. The standard InChI is InChI=1S/C23H25N3O4S2/c1-16-21(17-11-13-18(30-2)14-12-17)24-23(31-16)25-22(27)20-10-6-7-15-26(20)32(28,29)19-8-4-3-5-9-19/h3-5,8-9,11-14,20H,6-7,10,15H2,1-2H3,(H,24,25,27). The molecule has 1 fully saturated rings. The van der Waals surface area contributed by atoms with Crippen LogP contribution in [-0.2, 0) is 14.8 Å². The summed E-state index contributed by atoms with van der Waals surface area (Å²) in [5.74, 6) is 0.409. The summed E-state index contributed by atoms with van der Waals surface area (Å²) in [7, 11) is -2.14. The van der Waals surface area contributed by atoms with Crippen LogP contribution in [0.5, 0.6) is 5.75 Å². The first-order valence-electron chi connectivity index (χ1n) is 10.4. The molecule has 0 radical (unpaired) electrons. The van der Waals surface area contributed by atoms with Gasteiger partial charge >= 0.3 is 0 Å². The number of aryl methyl sites for hydroxylation is 1. The fourth-order valence-corrected chi connectivity index (χ4v) is 6.35. The molecular formula is C23H25N3O4S2. The number of carbonyl (C=O) groups excluding carboxylic acids is 1. The first-order valence-corrected chi connectivity index (χ1v) is 12.7. The van der Waals surface area contributed by atoms with Crippen LogP contribution in [0.15, 0.2) is 59.5 Å². The number of rotatable bonds is 6. The Bertz CT molecular complexity index is 1190.